The van der Waals surface area contributed by atoms with E-state index in [0.717, 1.165) is 32.2 Å². The molecular weight excluding hydrogens is 300 g/mol. The average molecular weight is 328 g/mol. The summed E-state index contributed by atoms with van der Waals surface area (Å²) in [6.07, 6.45) is 3.85. The third-order valence-corrected chi connectivity index (χ3v) is 5.29. The number of piperidine rings is 1. The quantitative estimate of drug-likeness (QED) is 0.923. The van der Waals surface area contributed by atoms with E-state index in [-0.39, 0.29) is 29.7 Å². The number of hydrogen-bond donors (Lipinski definition) is 1. The zero-order valence-corrected chi connectivity index (χ0v) is 15.0. The lowest BCUT2D eigenvalue weighted by molar-refractivity contribution is -0.137. The summed E-state index contributed by atoms with van der Waals surface area (Å²) in [4.78, 5) is 26.8. The summed E-state index contributed by atoms with van der Waals surface area (Å²) in [7, 11) is 0. The van der Waals surface area contributed by atoms with E-state index in [9.17, 15) is 9.59 Å². The van der Waals surface area contributed by atoms with E-state index in [1.54, 1.807) is 0 Å². The molecule has 1 heterocycles. The normalized spacial score (nSPS) is 22.1. The molecule has 0 radical (unpaired) electrons. The molecule has 1 aliphatic heterocycles. The summed E-state index contributed by atoms with van der Waals surface area (Å²) in [6.45, 7) is 7.58. The van der Waals surface area contributed by atoms with Gasteiger partial charge in [0.2, 0.25) is 11.8 Å². The van der Waals surface area contributed by atoms with Gasteiger partial charge in [-0.3, -0.25) is 9.59 Å². The zero-order chi connectivity index (χ0) is 17.3. The predicted molar refractivity (Wildman–Crippen MR) is 94.5 cm³/mol. The van der Waals surface area contributed by atoms with E-state index >= 15 is 0 Å². The van der Waals surface area contributed by atoms with Gasteiger partial charge in [0.25, 0.3) is 0 Å². The van der Waals surface area contributed by atoms with Crippen LogP contribution in [0.4, 0.5) is 0 Å². The maximum absolute atomic E-state index is 12.7. The Kier molecular flexibility index (Phi) is 4.93. The van der Waals surface area contributed by atoms with Gasteiger partial charge in [0.15, 0.2) is 0 Å². The van der Waals surface area contributed by atoms with Crippen LogP contribution in [0.15, 0.2) is 18.2 Å². The average Bonchev–Trinajstić information content (AvgIpc) is 3.41. The molecule has 4 heteroatoms. The lowest BCUT2D eigenvalue weighted by Crippen LogP contribution is -2.46. The van der Waals surface area contributed by atoms with Crippen molar-refractivity contribution in [2.24, 2.45) is 11.8 Å². The molecule has 4 nitrogen and oxygen atoms in total. The van der Waals surface area contributed by atoms with Crippen LogP contribution in [0.1, 0.15) is 55.3 Å². The fourth-order valence-corrected chi connectivity index (χ4v) is 3.62. The second-order valence-corrected chi connectivity index (χ2v) is 7.49. The molecule has 24 heavy (non-hydrogen) atoms. The van der Waals surface area contributed by atoms with Gasteiger partial charge in [0.05, 0.1) is 12.0 Å². The van der Waals surface area contributed by atoms with Gasteiger partial charge in [-0.05, 0) is 57.6 Å². The van der Waals surface area contributed by atoms with Crippen LogP contribution in [0.2, 0.25) is 0 Å². The summed E-state index contributed by atoms with van der Waals surface area (Å²) in [5.74, 6) is 0.501. The first-order valence-electron chi connectivity index (χ1n) is 9.12. The number of likely N-dealkylation sites (tertiary alicyclic amines) is 1. The Balaban J connectivity index is 1.61. The molecule has 2 aliphatic rings. The number of benzene rings is 1. The van der Waals surface area contributed by atoms with Crippen molar-refractivity contribution in [1.29, 1.82) is 0 Å². The highest BCUT2D eigenvalue weighted by molar-refractivity contribution is 5.83. The largest absolute Gasteiger partial charge is 0.349 e. The summed E-state index contributed by atoms with van der Waals surface area (Å²) >= 11 is 0. The fraction of sp³-hybridized carbons (Fsp3) is 0.600. The molecule has 2 fully saturated rings. The van der Waals surface area contributed by atoms with Gasteiger partial charge < -0.3 is 10.2 Å². The topological polar surface area (TPSA) is 49.4 Å². The molecule has 1 aromatic carbocycles. The second-order valence-electron chi connectivity index (χ2n) is 7.49. The van der Waals surface area contributed by atoms with Crippen LogP contribution in [0.25, 0.3) is 0 Å². The molecule has 130 valence electrons. The highest BCUT2D eigenvalue weighted by atomic mass is 16.2. The first-order valence-corrected chi connectivity index (χ1v) is 9.12. The van der Waals surface area contributed by atoms with E-state index in [0.29, 0.717) is 6.54 Å². The maximum Gasteiger partial charge on any atom is 0.225 e. The highest BCUT2D eigenvalue weighted by Crippen LogP contribution is 2.32. The van der Waals surface area contributed by atoms with Crippen LogP contribution in [0, 0.1) is 25.7 Å². The monoisotopic (exact) mass is 328 g/mol. The molecule has 1 aromatic rings. The van der Waals surface area contributed by atoms with Gasteiger partial charge in [-0.15, -0.1) is 0 Å². The number of nitrogens with zero attached hydrogens (tertiary/aromatic N) is 1. The van der Waals surface area contributed by atoms with Gasteiger partial charge in [-0.2, -0.15) is 0 Å². The van der Waals surface area contributed by atoms with Crippen LogP contribution in [-0.2, 0) is 9.59 Å². The van der Waals surface area contributed by atoms with E-state index in [2.05, 4.69) is 37.4 Å². The van der Waals surface area contributed by atoms with Crippen molar-refractivity contribution in [2.45, 2.75) is 52.5 Å². The Hall–Kier alpha value is -1.84. The van der Waals surface area contributed by atoms with E-state index in [1.807, 2.05) is 11.8 Å². The fourth-order valence-electron chi connectivity index (χ4n) is 3.62. The molecule has 0 spiro atoms. The molecule has 0 aromatic heterocycles. The molecule has 1 saturated carbocycles. The number of hydrogen-bond acceptors (Lipinski definition) is 2. The van der Waals surface area contributed by atoms with Crippen molar-refractivity contribution in [3.05, 3.63) is 34.9 Å². The summed E-state index contributed by atoms with van der Waals surface area (Å²) < 4.78 is 0. The van der Waals surface area contributed by atoms with Gasteiger partial charge >= 0.3 is 0 Å². The van der Waals surface area contributed by atoms with Crippen LogP contribution < -0.4 is 5.32 Å². The standard InChI is InChI=1S/C20H28N2O2/c1-13-6-7-14(2)18(11-13)15(3)21-19(23)17-5-4-10-22(12-17)20(24)16-8-9-16/h6-7,11,15-17H,4-5,8-10,12H2,1-3H3,(H,21,23)/t15-,17+/m1/s1. The van der Waals surface area contributed by atoms with E-state index in [4.69, 9.17) is 0 Å². The van der Waals surface area contributed by atoms with Crippen molar-refractivity contribution >= 4 is 11.8 Å². The van der Waals surface area contributed by atoms with E-state index in [1.165, 1.54) is 16.7 Å². The van der Waals surface area contributed by atoms with Gasteiger partial charge in [0.1, 0.15) is 0 Å². The van der Waals surface area contributed by atoms with Gasteiger partial charge in [0, 0.05) is 19.0 Å². The van der Waals surface area contributed by atoms with Crippen LogP contribution in [0.3, 0.4) is 0 Å². The minimum absolute atomic E-state index is 0.00749. The molecule has 0 bridgehead atoms. The molecule has 2 amide bonds. The van der Waals surface area contributed by atoms with Gasteiger partial charge in [-0.1, -0.05) is 23.8 Å². The number of carbonyl (C=O) groups excluding carboxylic acids is 2. The summed E-state index contributed by atoms with van der Waals surface area (Å²) in [5, 5.41) is 3.16. The molecular formula is C20H28N2O2. The van der Waals surface area contributed by atoms with Crippen LogP contribution >= 0.6 is 0 Å². The van der Waals surface area contributed by atoms with Crippen molar-refractivity contribution in [3.63, 3.8) is 0 Å². The number of aryl methyl sites for hydroxylation is 2. The summed E-state index contributed by atoms with van der Waals surface area (Å²) in [6, 6.07) is 6.33. The van der Waals surface area contributed by atoms with E-state index < -0.39 is 0 Å². The molecule has 1 aliphatic carbocycles. The molecule has 2 atom stereocenters. The lowest BCUT2D eigenvalue weighted by Gasteiger charge is -2.33. The third-order valence-electron chi connectivity index (χ3n) is 5.29. The SMILES string of the molecule is Cc1ccc(C)c([C@@H](C)NC(=O)[C@H]2CCCN(C(=O)C3CC3)C2)c1. The Morgan fingerprint density at radius 3 is 2.62 bits per heavy atom. The van der Waals surface area contributed by atoms with Crippen molar-refractivity contribution < 1.29 is 9.59 Å². The molecule has 1 N–H and O–H groups in total. The van der Waals surface area contributed by atoms with Gasteiger partial charge in [-0.25, -0.2) is 0 Å². The third kappa shape index (κ3) is 3.80. The molecule has 1 saturated heterocycles. The predicted octanol–water partition coefficient (Wildman–Crippen LogP) is 3.13. The number of nitrogens with one attached hydrogen (secondary N) is 1. The Bertz CT molecular complexity index is 637. The Labute approximate surface area is 144 Å². The minimum Gasteiger partial charge on any atom is -0.349 e. The molecule has 3 rings (SSSR count). The number of amides is 2. The number of rotatable bonds is 4. The minimum atomic E-state index is -0.0750. The lowest BCUT2D eigenvalue weighted by atomic mass is 9.95. The zero-order valence-electron chi connectivity index (χ0n) is 15.0. The highest BCUT2D eigenvalue weighted by Gasteiger charge is 2.36. The van der Waals surface area contributed by atoms with Crippen LogP contribution in [0.5, 0.6) is 0 Å². The van der Waals surface area contributed by atoms with Crippen molar-refractivity contribution in [2.75, 3.05) is 13.1 Å². The Morgan fingerprint density at radius 1 is 1.17 bits per heavy atom. The second kappa shape index (κ2) is 6.96. The van der Waals surface area contributed by atoms with Crippen molar-refractivity contribution in [3.8, 4) is 0 Å². The first-order chi connectivity index (χ1) is 11.5. The smallest absolute Gasteiger partial charge is 0.225 e. The maximum atomic E-state index is 12.7. The summed E-state index contributed by atoms with van der Waals surface area (Å²) in [5.41, 5.74) is 3.57. The van der Waals surface area contributed by atoms with Crippen molar-refractivity contribution in [1.82, 2.24) is 10.2 Å². The van der Waals surface area contributed by atoms with Crippen LogP contribution in [-0.4, -0.2) is 29.8 Å². The number of carbonyl (C=O) groups is 2. The molecule has 0 unspecified atom stereocenters. The first kappa shape index (κ1) is 17.0. The Morgan fingerprint density at radius 2 is 1.92 bits per heavy atom.